The Kier molecular flexibility index (Phi) is 6.10. The largest absolute Gasteiger partial charge is 0.314 e. The Morgan fingerprint density at radius 3 is 2.12 bits per heavy atom. The predicted molar refractivity (Wildman–Crippen MR) is 68.1 cm³/mol. The van der Waals surface area contributed by atoms with Gasteiger partial charge in [0, 0.05) is 38.6 Å². The SMILES string of the molecule is CCS(=O)(=O)N1CCNCC1.c1ccncc1. The highest BCUT2D eigenvalue weighted by atomic mass is 32.2. The molecule has 1 aliphatic rings. The molecule has 0 aliphatic carbocycles. The van der Waals surface area contributed by atoms with Crippen LogP contribution in [0.15, 0.2) is 30.6 Å². The predicted octanol–water partition coefficient (Wildman–Crippen LogP) is 0.323. The number of nitrogens with one attached hydrogen (secondary N) is 1. The van der Waals surface area contributed by atoms with Gasteiger partial charge in [-0.05, 0) is 19.1 Å². The first kappa shape index (κ1) is 14.1. The van der Waals surface area contributed by atoms with E-state index < -0.39 is 10.0 Å². The summed E-state index contributed by atoms with van der Waals surface area (Å²) in [5.74, 6) is 0.215. The molecule has 1 aromatic heterocycles. The summed E-state index contributed by atoms with van der Waals surface area (Å²) in [4.78, 5) is 3.78. The zero-order valence-electron chi connectivity index (χ0n) is 10.0. The number of hydrogen-bond acceptors (Lipinski definition) is 4. The summed E-state index contributed by atoms with van der Waals surface area (Å²) in [7, 11) is -2.93. The molecule has 0 unspecified atom stereocenters. The van der Waals surface area contributed by atoms with E-state index in [0.29, 0.717) is 13.1 Å². The second-order valence-electron chi connectivity index (χ2n) is 3.57. The topological polar surface area (TPSA) is 62.3 Å². The molecule has 0 spiro atoms. The molecule has 0 amide bonds. The molecule has 5 nitrogen and oxygen atoms in total. The van der Waals surface area contributed by atoms with Crippen LogP contribution in [0.1, 0.15) is 6.92 Å². The van der Waals surface area contributed by atoms with E-state index in [4.69, 9.17) is 0 Å². The molecule has 1 aromatic rings. The minimum absolute atomic E-state index is 0.215. The quantitative estimate of drug-likeness (QED) is 0.829. The van der Waals surface area contributed by atoms with Crippen LogP contribution in [0.25, 0.3) is 0 Å². The van der Waals surface area contributed by atoms with E-state index in [1.807, 2.05) is 18.2 Å². The Morgan fingerprint density at radius 2 is 1.76 bits per heavy atom. The molecule has 1 aliphatic heterocycles. The zero-order valence-corrected chi connectivity index (χ0v) is 10.9. The normalized spacial score (nSPS) is 17.0. The number of pyridine rings is 1. The third-order valence-electron chi connectivity index (χ3n) is 2.40. The van der Waals surface area contributed by atoms with Crippen molar-refractivity contribution in [3.05, 3.63) is 30.6 Å². The van der Waals surface area contributed by atoms with E-state index in [0.717, 1.165) is 13.1 Å². The maximum absolute atomic E-state index is 11.3. The molecule has 2 rings (SSSR count). The molecule has 2 heterocycles. The maximum Gasteiger partial charge on any atom is 0.213 e. The summed E-state index contributed by atoms with van der Waals surface area (Å²) in [6, 6.07) is 5.72. The van der Waals surface area contributed by atoms with Crippen LogP contribution in [0, 0.1) is 0 Å². The van der Waals surface area contributed by atoms with Crippen molar-refractivity contribution in [1.29, 1.82) is 0 Å². The molecule has 0 saturated carbocycles. The second-order valence-corrected chi connectivity index (χ2v) is 5.83. The summed E-state index contributed by atoms with van der Waals surface area (Å²) in [5, 5.41) is 3.10. The van der Waals surface area contributed by atoms with Crippen molar-refractivity contribution in [3.8, 4) is 0 Å². The van der Waals surface area contributed by atoms with Crippen molar-refractivity contribution in [3.63, 3.8) is 0 Å². The fraction of sp³-hybridized carbons (Fsp3) is 0.545. The summed E-state index contributed by atoms with van der Waals surface area (Å²) >= 11 is 0. The van der Waals surface area contributed by atoms with Crippen molar-refractivity contribution in [2.75, 3.05) is 31.9 Å². The molecule has 96 valence electrons. The smallest absolute Gasteiger partial charge is 0.213 e. The van der Waals surface area contributed by atoms with Crippen LogP contribution in [0.4, 0.5) is 0 Å². The van der Waals surface area contributed by atoms with Crippen molar-refractivity contribution < 1.29 is 8.42 Å². The molecule has 0 atom stereocenters. The maximum atomic E-state index is 11.3. The first-order chi connectivity index (χ1) is 8.17. The highest BCUT2D eigenvalue weighted by Crippen LogP contribution is 2.01. The van der Waals surface area contributed by atoms with E-state index in [-0.39, 0.29) is 5.75 Å². The lowest BCUT2D eigenvalue weighted by Crippen LogP contribution is -2.46. The van der Waals surface area contributed by atoms with Gasteiger partial charge in [-0.2, -0.15) is 4.31 Å². The molecule has 0 aromatic carbocycles. The van der Waals surface area contributed by atoms with Crippen LogP contribution < -0.4 is 5.32 Å². The number of piperazine rings is 1. The van der Waals surface area contributed by atoms with Gasteiger partial charge in [-0.1, -0.05) is 6.07 Å². The third kappa shape index (κ3) is 5.25. The standard InChI is InChI=1S/C6H14N2O2S.C5H5N/c1-2-11(9,10)8-5-3-7-4-6-8;1-2-4-6-5-3-1/h7H,2-6H2,1H3;1-5H. The van der Waals surface area contributed by atoms with E-state index in [1.165, 1.54) is 0 Å². The average Bonchev–Trinajstić information content (AvgIpc) is 2.42. The Morgan fingerprint density at radius 1 is 1.18 bits per heavy atom. The van der Waals surface area contributed by atoms with Gasteiger partial charge in [0.2, 0.25) is 10.0 Å². The molecular formula is C11H19N3O2S. The lowest BCUT2D eigenvalue weighted by molar-refractivity contribution is 0.361. The summed E-state index contributed by atoms with van der Waals surface area (Å²) in [6.07, 6.45) is 3.50. The summed E-state index contributed by atoms with van der Waals surface area (Å²) in [5.41, 5.74) is 0. The van der Waals surface area contributed by atoms with Crippen LogP contribution in [0.5, 0.6) is 0 Å². The van der Waals surface area contributed by atoms with Gasteiger partial charge in [0.15, 0.2) is 0 Å². The lowest BCUT2D eigenvalue weighted by Gasteiger charge is -2.25. The van der Waals surface area contributed by atoms with Crippen LogP contribution in [0.2, 0.25) is 0 Å². The van der Waals surface area contributed by atoms with Crippen LogP contribution in [-0.2, 0) is 10.0 Å². The van der Waals surface area contributed by atoms with Gasteiger partial charge in [-0.3, -0.25) is 4.98 Å². The number of sulfonamides is 1. The molecule has 0 radical (unpaired) electrons. The van der Waals surface area contributed by atoms with E-state index in [9.17, 15) is 8.42 Å². The Hall–Kier alpha value is -0.980. The Labute approximate surface area is 103 Å². The van der Waals surface area contributed by atoms with E-state index in [2.05, 4.69) is 10.3 Å². The fourth-order valence-corrected chi connectivity index (χ4v) is 2.52. The van der Waals surface area contributed by atoms with Crippen molar-refractivity contribution in [2.24, 2.45) is 0 Å². The van der Waals surface area contributed by atoms with Crippen molar-refractivity contribution >= 4 is 10.0 Å². The minimum atomic E-state index is -2.93. The Balaban J connectivity index is 0.000000202. The summed E-state index contributed by atoms with van der Waals surface area (Å²) in [6.45, 7) is 4.47. The van der Waals surface area contributed by atoms with Crippen molar-refractivity contribution in [1.82, 2.24) is 14.6 Å². The number of rotatable bonds is 2. The van der Waals surface area contributed by atoms with Gasteiger partial charge in [0.25, 0.3) is 0 Å². The number of nitrogens with zero attached hydrogens (tertiary/aromatic N) is 2. The number of hydrogen-bond donors (Lipinski definition) is 1. The highest BCUT2D eigenvalue weighted by molar-refractivity contribution is 7.89. The molecular weight excluding hydrogens is 238 g/mol. The average molecular weight is 257 g/mol. The van der Waals surface area contributed by atoms with E-state index in [1.54, 1.807) is 23.6 Å². The fourth-order valence-electron chi connectivity index (χ4n) is 1.42. The second kappa shape index (κ2) is 7.37. The van der Waals surface area contributed by atoms with Gasteiger partial charge in [-0.25, -0.2) is 8.42 Å². The molecule has 6 heteroatoms. The van der Waals surface area contributed by atoms with Gasteiger partial charge in [0.1, 0.15) is 0 Å². The molecule has 1 N–H and O–H groups in total. The highest BCUT2D eigenvalue weighted by Gasteiger charge is 2.20. The molecule has 1 saturated heterocycles. The summed E-state index contributed by atoms with van der Waals surface area (Å²) < 4.78 is 24.1. The lowest BCUT2D eigenvalue weighted by atomic mass is 10.4. The minimum Gasteiger partial charge on any atom is -0.314 e. The van der Waals surface area contributed by atoms with Crippen LogP contribution >= 0.6 is 0 Å². The van der Waals surface area contributed by atoms with Gasteiger partial charge >= 0.3 is 0 Å². The van der Waals surface area contributed by atoms with Gasteiger partial charge in [0.05, 0.1) is 5.75 Å². The Bertz CT molecular complexity index is 362. The third-order valence-corrected chi connectivity index (χ3v) is 4.28. The van der Waals surface area contributed by atoms with Gasteiger partial charge < -0.3 is 5.32 Å². The van der Waals surface area contributed by atoms with Gasteiger partial charge in [-0.15, -0.1) is 0 Å². The molecule has 17 heavy (non-hydrogen) atoms. The van der Waals surface area contributed by atoms with E-state index >= 15 is 0 Å². The van der Waals surface area contributed by atoms with Crippen molar-refractivity contribution in [2.45, 2.75) is 6.92 Å². The first-order valence-corrected chi connectivity index (χ1v) is 7.31. The zero-order chi connectivity index (χ0) is 12.6. The molecule has 0 bridgehead atoms. The first-order valence-electron chi connectivity index (χ1n) is 5.70. The van der Waals surface area contributed by atoms with Crippen LogP contribution in [-0.4, -0.2) is 49.6 Å². The molecule has 1 fully saturated rings. The monoisotopic (exact) mass is 257 g/mol. The number of aromatic nitrogens is 1. The van der Waals surface area contributed by atoms with Crippen LogP contribution in [0.3, 0.4) is 0 Å².